The molecule has 2 aliphatic rings. The van der Waals surface area contributed by atoms with Crippen molar-refractivity contribution in [3.8, 4) is 11.7 Å². The van der Waals surface area contributed by atoms with Crippen molar-refractivity contribution < 1.29 is 8.94 Å². The average Bonchev–Trinajstić information content (AvgIpc) is 3.33. The van der Waals surface area contributed by atoms with Gasteiger partial charge in [0.05, 0.1) is 11.1 Å². The van der Waals surface area contributed by atoms with Crippen molar-refractivity contribution in [1.29, 1.82) is 0 Å². The Morgan fingerprint density at radius 3 is 2.74 bits per heavy atom. The standard InChI is InChI=1S/C14H15N3O2/c1-3-14(6-7-14)13-16-12(19-17-13)10-8(2)15-11(18-10)9-4-5-9/h3,9H,1,4-7H2,2H3. The van der Waals surface area contributed by atoms with Gasteiger partial charge in [0.25, 0.3) is 5.89 Å². The van der Waals surface area contributed by atoms with Crippen LogP contribution in [0, 0.1) is 6.92 Å². The molecule has 0 N–H and O–H groups in total. The number of hydrogen-bond donors (Lipinski definition) is 0. The second-order valence-electron chi connectivity index (χ2n) is 5.52. The van der Waals surface area contributed by atoms with Crippen LogP contribution in [-0.4, -0.2) is 15.1 Å². The van der Waals surface area contributed by atoms with Gasteiger partial charge in [0.2, 0.25) is 5.76 Å². The quantitative estimate of drug-likeness (QED) is 0.787. The Labute approximate surface area is 110 Å². The molecule has 0 aromatic carbocycles. The molecule has 0 spiro atoms. The van der Waals surface area contributed by atoms with E-state index in [-0.39, 0.29) is 5.41 Å². The Balaban J connectivity index is 1.70. The summed E-state index contributed by atoms with van der Waals surface area (Å²) in [6, 6.07) is 0. The average molecular weight is 257 g/mol. The Bertz CT molecular complexity index is 647. The lowest BCUT2D eigenvalue weighted by Crippen LogP contribution is -2.03. The van der Waals surface area contributed by atoms with Crippen molar-refractivity contribution in [3.05, 3.63) is 30.1 Å². The Morgan fingerprint density at radius 1 is 1.32 bits per heavy atom. The lowest BCUT2D eigenvalue weighted by Gasteiger charge is -1.99. The van der Waals surface area contributed by atoms with Gasteiger partial charge in [-0.1, -0.05) is 11.2 Å². The highest BCUT2D eigenvalue weighted by Crippen LogP contribution is 2.48. The largest absolute Gasteiger partial charge is 0.435 e. The monoisotopic (exact) mass is 257 g/mol. The van der Waals surface area contributed by atoms with Crippen LogP contribution >= 0.6 is 0 Å². The minimum absolute atomic E-state index is 0.0744. The molecule has 5 heteroatoms. The van der Waals surface area contributed by atoms with Gasteiger partial charge in [0.1, 0.15) is 0 Å². The molecule has 2 heterocycles. The summed E-state index contributed by atoms with van der Waals surface area (Å²) >= 11 is 0. The normalized spacial score (nSPS) is 20.5. The van der Waals surface area contributed by atoms with Gasteiger partial charge in [-0.05, 0) is 32.6 Å². The molecular formula is C14H15N3O2. The first-order valence-corrected chi connectivity index (χ1v) is 6.67. The molecule has 0 aliphatic heterocycles. The Morgan fingerprint density at radius 2 is 2.11 bits per heavy atom. The zero-order valence-electron chi connectivity index (χ0n) is 10.8. The zero-order chi connectivity index (χ0) is 13.0. The highest BCUT2D eigenvalue weighted by molar-refractivity contribution is 5.48. The van der Waals surface area contributed by atoms with Crippen LogP contribution in [0.15, 0.2) is 21.6 Å². The third-order valence-electron chi connectivity index (χ3n) is 3.98. The molecule has 2 aromatic heterocycles. The molecule has 4 rings (SSSR count). The summed E-state index contributed by atoms with van der Waals surface area (Å²) in [6.45, 7) is 5.76. The van der Waals surface area contributed by atoms with Gasteiger partial charge in [-0.3, -0.25) is 0 Å². The fourth-order valence-electron chi connectivity index (χ4n) is 2.29. The zero-order valence-corrected chi connectivity index (χ0v) is 10.8. The molecular weight excluding hydrogens is 242 g/mol. The summed E-state index contributed by atoms with van der Waals surface area (Å²) in [5, 5.41) is 4.06. The van der Waals surface area contributed by atoms with E-state index in [2.05, 4.69) is 21.7 Å². The summed E-state index contributed by atoms with van der Waals surface area (Å²) in [4.78, 5) is 8.90. The molecule has 2 aliphatic carbocycles. The summed E-state index contributed by atoms with van der Waals surface area (Å²) in [7, 11) is 0. The number of aryl methyl sites for hydroxylation is 1. The molecule has 5 nitrogen and oxygen atoms in total. The molecule has 0 radical (unpaired) electrons. The van der Waals surface area contributed by atoms with Crippen LogP contribution in [0.25, 0.3) is 11.7 Å². The lowest BCUT2D eigenvalue weighted by atomic mass is 10.1. The molecule has 0 saturated heterocycles. The molecule has 0 atom stereocenters. The highest BCUT2D eigenvalue weighted by atomic mass is 16.5. The van der Waals surface area contributed by atoms with Gasteiger partial charge < -0.3 is 8.94 Å². The van der Waals surface area contributed by atoms with Crippen LogP contribution in [0.4, 0.5) is 0 Å². The fraction of sp³-hybridized carbons (Fsp3) is 0.500. The predicted octanol–water partition coefficient (Wildman–Crippen LogP) is 3.13. The van der Waals surface area contributed by atoms with Crippen LogP contribution in [0.1, 0.15) is 49.0 Å². The minimum atomic E-state index is -0.0744. The smallest absolute Gasteiger partial charge is 0.295 e. The first-order valence-electron chi connectivity index (χ1n) is 6.67. The van der Waals surface area contributed by atoms with Crippen molar-refractivity contribution in [2.45, 2.75) is 43.9 Å². The minimum Gasteiger partial charge on any atom is -0.435 e. The fourth-order valence-corrected chi connectivity index (χ4v) is 2.29. The number of oxazole rings is 1. The number of rotatable bonds is 4. The predicted molar refractivity (Wildman–Crippen MR) is 67.6 cm³/mol. The van der Waals surface area contributed by atoms with Crippen LogP contribution in [0.5, 0.6) is 0 Å². The summed E-state index contributed by atoms with van der Waals surface area (Å²) in [6.07, 6.45) is 6.31. The van der Waals surface area contributed by atoms with Crippen molar-refractivity contribution >= 4 is 0 Å². The maximum absolute atomic E-state index is 5.77. The van der Waals surface area contributed by atoms with E-state index in [1.807, 2.05) is 13.0 Å². The first-order chi connectivity index (χ1) is 9.22. The number of aromatic nitrogens is 3. The summed E-state index contributed by atoms with van der Waals surface area (Å²) < 4.78 is 11.1. The van der Waals surface area contributed by atoms with E-state index in [1.54, 1.807) is 0 Å². The van der Waals surface area contributed by atoms with Gasteiger partial charge in [0, 0.05) is 5.92 Å². The van der Waals surface area contributed by atoms with E-state index in [0.29, 0.717) is 23.4 Å². The second kappa shape index (κ2) is 3.56. The molecule has 0 bridgehead atoms. The van der Waals surface area contributed by atoms with Crippen molar-refractivity contribution in [2.24, 2.45) is 0 Å². The molecule has 0 amide bonds. The van der Waals surface area contributed by atoms with Gasteiger partial charge in [0.15, 0.2) is 11.7 Å². The van der Waals surface area contributed by atoms with Crippen LogP contribution < -0.4 is 0 Å². The SMILES string of the molecule is C=CC1(c2noc(-c3oc(C4CC4)nc3C)n2)CC1. The van der Waals surface area contributed by atoms with E-state index in [4.69, 9.17) is 8.94 Å². The molecule has 2 aromatic rings. The van der Waals surface area contributed by atoms with Crippen molar-refractivity contribution in [2.75, 3.05) is 0 Å². The topological polar surface area (TPSA) is 65.0 Å². The molecule has 0 unspecified atom stereocenters. The lowest BCUT2D eigenvalue weighted by molar-refractivity contribution is 0.401. The van der Waals surface area contributed by atoms with Gasteiger partial charge in [-0.2, -0.15) is 4.98 Å². The van der Waals surface area contributed by atoms with E-state index < -0.39 is 0 Å². The van der Waals surface area contributed by atoms with Crippen molar-refractivity contribution in [3.63, 3.8) is 0 Å². The number of allylic oxidation sites excluding steroid dienone is 1. The van der Waals surface area contributed by atoms with E-state index >= 15 is 0 Å². The van der Waals surface area contributed by atoms with E-state index in [9.17, 15) is 0 Å². The Kier molecular flexibility index (Phi) is 2.05. The first kappa shape index (κ1) is 11.0. The second-order valence-corrected chi connectivity index (χ2v) is 5.52. The third kappa shape index (κ3) is 1.64. The molecule has 2 fully saturated rings. The summed E-state index contributed by atoms with van der Waals surface area (Å²) in [5.41, 5.74) is 0.746. The maximum Gasteiger partial charge on any atom is 0.295 e. The van der Waals surface area contributed by atoms with Crippen molar-refractivity contribution in [1.82, 2.24) is 15.1 Å². The Hall–Kier alpha value is -1.91. The highest BCUT2D eigenvalue weighted by Gasteiger charge is 2.46. The van der Waals surface area contributed by atoms with Gasteiger partial charge in [-0.25, -0.2) is 4.98 Å². The molecule has 19 heavy (non-hydrogen) atoms. The van der Waals surface area contributed by atoms with E-state index in [0.717, 1.165) is 37.3 Å². The third-order valence-corrected chi connectivity index (χ3v) is 3.98. The van der Waals surface area contributed by atoms with Gasteiger partial charge >= 0.3 is 0 Å². The van der Waals surface area contributed by atoms with Gasteiger partial charge in [-0.15, -0.1) is 6.58 Å². The van der Waals surface area contributed by atoms with Crippen LogP contribution in [-0.2, 0) is 5.41 Å². The van der Waals surface area contributed by atoms with Crippen LogP contribution in [0.2, 0.25) is 0 Å². The molecule has 98 valence electrons. The molecule has 2 saturated carbocycles. The number of hydrogen-bond acceptors (Lipinski definition) is 5. The summed E-state index contributed by atoms with van der Waals surface area (Å²) in [5.74, 6) is 3.04. The van der Waals surface area contributed by atoms with Crippen LogP contribution in [0.3, 0.4) is 0 Å². The maximum atomic E-state index is 5.77. The van der Waals surface area contributed by atoms with E-state index in [1.165, 1.54) is 0 Å². The number of nitrogens with zero attached hydrogens (tertiary/aromatic N) is 3.